The molecule has 108 valence electrons. The molecule has 0 amide bonds. The number of fused-ring (bicyclic) bond motifs is 1. The van der Waals surface area contributed by atoms with Crippen molar-refractivity contribution in [3.05, 3.63) is 42.0 Å². The molecule has 0 bridgehead atoms. The van der Waals surface area contributed by atoms with Crippen molar-refractivity contribution >= 4 is 22.5 Å². The highest BCUT2D eigenvalue weighted by molar-refractivity contribution is 7.98. The van der Waals surface area contributed by atoms with Gasteiger partial charge in [-0.15, -0.1) is 0 Å². The van der Waals surface area contributed by atoms with Crippen LogP contribution in [0.15, 0.2) is 36.4 Å². The van der Waals surface area contributed by atoms with Crippen LogP contribution in [-0.4, -0.2) is 25.7 Å². The standard InChI is InChI=1S/C17H23NOS/c1-13(12-20-3)10-18-11-16-15-7-5-4-6-14(15)8-9-17(16)19-2/h4-9,13,18H,10-12H2,1-3H3. The van der Waals surface area contributed by atoms with E-state index in [0.29, 0.717) is 5.92 Å². The molecule has 0 aliphatic rings. The highest BCUT2D eigenvalue weighted by Gasteiger charge is 2.08. The minimum atomic E-state index is 0.686. The van der Waals surface area contributed by atoms with Crippen molar-refractivity contribution in [3.8, 4) is 5.75 Å². The largest absolute Gasteiger partial charge is 0.496 e. The maximum Gasteiger partial charge on any atom is 0.123 e. The molecule has 3 heteroatoms. The molecular formula is C17H23NOS. The first-order valence-electron chi connectivity index (χ1n) is 7.00. The van der Waals surface area contributed by atoms with E-state index in [0.717, 1.165) is 18.8 Å². The Morgan fingerprint density at radius 2 is 2.00 bits per heavy atom. The van der Waals surface area contributed by atoms with Crippen LogP contribution in [0.1, 0.15) is 12.5 Å². The van der Waals surface area contributed by atoms with Gasteiger partial charge in [0, 0.05) is 12.1 Å². The van der Waals surface area contributed by atoms with Gasteiger partial charge in [-0.05, 0) is 41.3 Å². The third-order valence-electron chi connectivity index (χ3n) is 3.46. The molecule has 2 aromatic carbocycles. The number of nitrogens with one attached hydrogen (secondary N) is 1. The van der Waals surface area contributed by atoms with Crippen molar-refractivity contribution in [2.45, 2.75) is 13.5 Å². The van der Waals surface area contributed by atoms with E-state index in [-0.39, 0.29) is 0 Å². The first-order valence-corrected chi connectivity index (χ1v) is 8.40. The number of ether oxygens (including phenoxy) is 1. The predicted octanol–water partition coefficient (Wildman–Crippen LogP) is 3.94. The van der Waals surface area contributed by atoms with Crippen LogP contribution in [-0.2, 0) is 6.54 Å². The maximum absolute atomic E-state index is 5.51. The van der Waals surface area contributed by atoms with Crippen LogP contribution in [0.5, 0.6) is 5.75 Å². The Balaban J connectivity index is 2.15. The summed E-state index contributed by atoms with van der Waals surface area (Å²) < 4.78 is 5.51. The average Bonchev–Trinajstić information content (AvgIpc) is 2.47. The summed E-state index contributed by atoms with van der Waals surface area (Å²) in [4.78, 5) is 0. The van der Waals surface area contributed by atoms with Crippen LogP contribution in [0.3, 0.4) is 0 Å². The minimum Gasteiger partial charge on any atom is -0.496 e. The van der Waals surface area contributed by atoms with Gasteiger partial charge in [0.1, 0.15) is 5.75 Å². The molecule has 0 fully saturated rings. The second-order valence-electron chi connectivity index (χ2n) is 5.16. The number of methoxy groups -OCH3 is 1. The zero-order chi connectivity index (χ0) is 14.4. The zero-order valence-electron chi connectivity index (χ0n) is 12.5. The Morgan fingerprint density at radius 1 is 1.20 bits per heavy atom. The lowest BCUT2D eigenvalue weighted by Crippen LogP contribution is -2.22. The minimum absolute atomic E-state index is 0.686. The second-order valence-corrected chi connectivity index (χ2v) is 6.07. The van der Waals surface area contributed by atoms with Crippen molar-refractivity contribution in [1.29, 1.82) is 0 Å². The smallest absolute Gasteiger partial charge is 0.123 e. The molecular weight excluding hydrogens is 266 g/mol. The number of hydrogen-bond acceptors (Lipinski definition) is 3. The third-order valence-corrected chi connectivity index (χ3v) is 4.37. The van der Waals surface area contributed by atoms with E-state index in [1.54, 1.807) is 7.11 Å². The van der Waals surface area contributed by atoms with Gasteiger partial charge in [0.2, 0.25) is 0 Å². The molecule has 0 heterocycles. The molecule has 2 nitrogen and oxygen atoms in total. The Labute approximate surface area is 125 Å². The lowest BCUT2D eigenvalue weighted by Gasteiger charge is -2.15. The van der Waals surface area contributed by atoms with Crippen molar-refractivity contribution in [1.82, 2.24) is 5.32 Å². The molecule has 1 atom stereocenters. The van der Waals surface area contributed by atoms with Crippen molar-refractivity contribution in [2.75, 3.05) is 25.7 Å². The van der Waals surface area contributed by atoms with E-state index in [1.165, 1.54) is 22.1 Å². The molecule has 0 aliphatic carbocycles. The fourth-order valence-electron chi connectivity index (χ4n) is 2.48. The highest BCUT2D eigenvalue weighted by Crippen LogP contribution is 2.27. The molecule has 1 N–H and O–H groups in total. The molecule has 2 rings (SSSR count). The molecule has 0 aliphatic heterocycles. The fraction of sp³-hybridized carbons (Fsp3) is 0.412. The quantitative estimate of drug-likeness (QED) is 0.834. The van der Waals surface area contributed by atoms with Crippen LogP contribution >= 0.6 is 11.8 Å². The van der Waals surface area contributed by atoms with Crippen molar-refractivity contribution in [3.63, 3.8) is 0 Å². The molecule has 2 aromatic rings. The monoisotopic (exact) mass is 289 g/mol. The van der Waals surface area contributed by atoms with Gasteiger partial charge < -0.3 is 10.1 Å². The van der Waals surface area contributed by atoms with E-state index in [1.807, 2.05) is 11.8 Å². The van der Waals surface area contributed by atoms with Gasteiger partial charge in [-0.25, -0.2) is 0 Å². The van der Waals surface area contributed by atoms with Gasteiger partial charge in [-0.1, -0.05) is 37.3 Å². The van der Waals surface area contributed by atoms with Crippen molar-refractivity contribution in [2.24, 2.45) is 5.92 Å². The summed E-state index contributed by atoms with van der Waals surface area (Å²) in [6.07, 6.45) is 2.16. The van der Waals surface area contributed by atoms with E-state index >= 15 is 0 Å². The van der Waals surface area contributed by atoms with Gasteiger partial charge in [-0.3, -0.25) is 0 Å². The van der Waals surface area contributed by atoms with Crippen molar-refractivity contribution < 1.29 is 4.74 Å². The van der Waals surface area contributed by atoms with Crippen LogP contribution in [0, 0.1) is 5.92 Å². The van der Waals surface area contributed by atoms with Crippen LogP contribution < -0.4 is 10.1 Å². The Bertz CT molecular complexity index is 556. The SMILES string of the molecule is COc1ccc2ccccc2c1CNCC(C)CSC. The number of rotatable bonds is 7. The summed E-state index contributed by atoms with van der Waals surface area (Å²) in [7, 11) is 1.74. The summed E-state index contributed by atoms with van der Waals surface area (Å²) >= 11 is 1.90. The summed E-state index contributed by atoms with van der Waals surface area (Å²) in [6.45, 7) is 4.17. The van der Waals surface area contributed by atoms with Crippen LogP contribution in [0.25, 0.3) is 10.8 Å². The van der Waals surface area contributed by atoms with E-state index < -0.39 is 0 Å². The summed E-state index contributed by atoms with van der Waals surface area (Å²) in [6, 6.07) is 12.7. The second kappa shape index (κ2) is 7.55. The molecule has 0 radical (unpaired) electrons. The first-order chi connectivity index (χ1) is 9.76. The van der Waals surface area contributed by atoms with Gasteiger partial charge in [0.15, 0.2) is 0 Å². The van der Waals surface area contributed by atoms with Gasteiger partial charge >= 0.3 is 0 Å². The van der Waals surface area contributed by atoms with Gasteiger partial charge in [0.05, 0.1) is 7.11 Å². The lowest BCUT2D eigenvalue weighted by molar-refractivity contribution is 0.408. The molecule has 0 aromatic heterocycles. The van der Waals surface area contributed by atoms with Crippen LogP contribution in [0.4, 0.5) is 0 Å². The number of hydrogen-bond donors (Lipinski definition) is 1. The first kappa shape index (κ1) is 15.2. The fourth-order valence-corrected chi connectivity index (χ4v) is 3.16. The van der Waals surface area contributed by atoms with Gasteiger partial charge in [-0.2, -0.15) is 11.8 Å². The van der Waals surface area contributed by atoms with Crippen LogP contribution in [0.2, 0.25) is 0 Å². The highest BCUT2D eigenvalue weighted by atomic mass is 32.2. The van der Waals surface area contributed by atoms with Gasteiger partial charge in [0.25, 0.3) is 0 Å². The molecule has 20 heavy (non-hydrogen) atoms. The third kappa shape index (κ3) is 3.68. The predicted molar refractivity (Wildman–Crippen MR) is 89.8 cm³/mol. The molecule has 0 saturated carbocycles. The number of benzene rings is 2. The summed E-state index contributed by atoms with van der Waals surface area (Å²) in [5.41, 5.74) is 1.25. The topological polar surface area (TPSA) is 21.3 Å². The Morgan fingerprint density at radius 3 is 2.75 bits per heavy atom. The van der Waals surface area contributed by atoms with E-state index in [9.17, 15) is 0 Å². The number of thioether (sulfide) groups is 1. The zero-order valence-corrected chi connectivity index (χ0v) is 13.3. The normalized spacial score (nSPS) is 12.6. The molecule has 0 spiro atoms. The maximum atomic E-state index is 5.51. The molecule has 1 unspecified atom stereocenters. The summed E-state index contributed by atoms with van der Waals surface area (Å²) in [5.74, 6) is 2.85. The lowest BCUT2D eigenvalue weighted by atomic mass is 10.0. The Hall–Kier alpha value is -1.19. The summed E-state index contributed by atoms with van der Waals surface area (Å²) in [5, 5.41) is 6.10. The molecule has 0 saturated heterocycles. The van der Waals surface area contributed by atoms with E-state index in [2.05, 4.69) is 54.9 Å². The van der Waals surface area contributed by atoms with E-state index in [4.69, 9.17) is 4.74 Å². The Kier molecular flexibility index (Phi) is 5.74. The average molecular weight is 289 g/mol.